The maximum Gasteiger partial charge on any atom is 0.417 e. The first-order chi connectivity index (χ1) is 12.7. The van der Waals surface area contributed by atoms with Crippen molar-refractivity contribution < 1.29 is 26.8 Å². The van der Waals surface area contributed by atoms with E-state index in [0.717, 1.165) is 6.07 Å². The Morgan fingerprint density at radius 1 is 1.07 bits per heavy atom. The molecule has 0 radical (unpaired) electrons. The van der Waals surface area contributed by atoms with Crippen molar-refractivity contribution in [1.82, 2.24) is 0 Å². The molecule has 0 N–H and O–H groups in total. The molecule has 0 fully saturated rings. The molecular weight excluding hydrogens is 385 g/mol. The summed E-state index contributed by atoms with van der Waals surface area (Å²) < 4.78 is 66.9. The molecule has 1 atom stereocenters. The zero-order valence-corrected chi connectivity index (χ0v) is 15.1. The number of oxime groups is 1. The van der Waals surface area contributed by atoms with Crippen molar-refractivity contribution >= 4 is 17.5 Å². The van der Waals surface area contributed by atoms with Crippen LogP contribution >= 0.6 is 11.8 Å². The number of alkyl halides is 3. The highest BCUT2D eigenvalue weighted by Crippen LogP contribution is 2.37. The first-order valence-corrected chi connectivity index (χ1v) is 9.27. The minimum Gasteiger partial charge on any atom is -0.388 e. The molecular formula is C19H16F5NOS. The molecule has 144 valence electrons. The van der Waals surface area contributed by atoms with Gasteiger partial charge in [0.15, 0.2) is 0 Å². The topological polar surface area (TPSA) is 21.6 Å². The van der Waals surface area contributed by atoms with Gasteiger partial charge in [-0.1, -0.05) is 29.4 Å². The fraction of sp³-hybridized carbons (Fsp3) is 0.316. The average Bonchev–Trinajstić information content (AvgIpc) is 2.99. The standard InChI is InChI=1S/C19H16F5NOS/c1-18(11-27-10-13-15(20)7-4-8-16(13)21)9-17(25-26-18)12-5-2-3-6-14(12)19(22,23)24/h2-8H,9-11H2,1H3. The molecule has 1 heterocycles. The van der Waals surface area contributed by atoms with E-state index >= 15 is 0 Å². The minimum atomic E-state index is -4.49. The largest absolute Gasteiger partial charge is 0.417 e. The number of hydrogen-bond acceptors (Lipinski definition) is 3. The van der Waals surface area contributed by atoms with Crippen LogP contribution in [0.15, 0.2) is 47.6 Å². The van der Waals surface area contributed by atoms with Gasteiger partial charge < -0.3 is 4.84 Å². The Morgan fingerprint density at radius 2 is 1.74 bits per heavy atom. The van der Waals surface area contributed by atoms with E-state index in [-0.39, 0.29) is 29.0 Å². The zero-order chi connectivity index (χ0) is 19.7. The molecule has 3 rings (SSSR count). The van der Waals surface area contributed by atoms with Gasteiger partial charge in [-0.05, 0) is 25.1 Å². The van der Waals surface area contributed by atoms with Crippen LogP contribution in [0.3, 0.4) is 0 Å². The molecule has 8 heteroatoms. The highest BCUT2D eigenvalue weighted by atomic mass is 32.2. The van der Waals surface area contributed by atoms with Gasteiger partial charge in [0.2, 0.25) is 0 Å². The Bertz CT molecular complexity index is 847. The molecule has 0 bridgehead atoms. The van der Waals surface area contributed by atoms with E-state index in [4.69, 9.17) is 4.84 Å². The van der Waals surface area contributed by atoms with E-state index in [1.165, 1.54) is 48.2 Å². The summed E-state index contributed by atoms with van der Waals surface area (Å²) in [5.74, 6) is -0.847. The lowest BCUT2D eigenvalue weighted by molar-refractivity contribution is -0.137. The first-order valence-electron chi connectivity index (χ1n) is 8.12. The van der Waals surface area contributed by atoms with Crippen molar-refractivity contribution in [2.45, 2.75) is 30.9 Å². The summed E-state index contributed by atoms with van der Waals surface area (Å²) >= 11 is 1.24. The van der Waals surface area contributed by atoms with E-state index in [1.54, 1.807) is 6.92 Å². The fourth-order valence-electron chi connectivity index (χ4n) is 2.83. The van der Waals surface area contributed by atoms with E-state index in [0.29, 0.717) is 5.75 Å². The maximum absolute atomic E-state index is 13.7. The van der Waals surface area contributed by atoms with E-state index in [1.807, 2.05) is 0 Å². The van der Waals surface area contributed by atoms with Crippen LogP contribution in [0.1, 0.15) is 30.0 Å². The van der Waals surface area contributed by atoms with Gasteiger partial charge in [0, 0.05) is 29.1 Å². The maximum atomic E-state index is 13.7. The molecule has 1 aliphatic rings. The summed E-state index contributed by atoms with van der Waals surface area (Å²) in [5.41, 5.74) is -1.45. The summed E-state index contributed by atoms with van der Waals surface area (Å²) in [5, 5.41) is 3.85. The normalized spacial score (nSPS) is 19.7. The molecule has 0 amide bonds. The Morgan fingerprint density at radius 3 is 2.41 bits per heavy atom. The van der Waals surface area contributed by atoms with Gasteiger partial charge in [-0.3, -0.25) is 0 Å². The second-order valence-electron chi connectivity index (χ2n) is 6.49. The summed E-state index contributed by atoms with van der Waals surface area (Å²) in [6, 6.07) is 8.85. The van der Waals surface area contributed by atoms with E-state index in [9.17, 15) is 22.0 Å². The third-order valence-corrected chi connectivity index (χ3v) is 5.48. The lowest BCUT2D eigenvalue weighted by atomic mass is 9.94. The lowest BCUT2D eigenvalue weighted by Gasteiger charge is -2.21. The summed E-state index contributed by atoms with van der Waals surface area (Å²) in [4.78, 5) is 5.39. The van der Waals surface area contributed by atoms with Gasteiger partial charge in [-0.15, -0.1) is 0 Å². The SMILES string of the molecule is CC1(CSCc2c(F)cccc2F)CC(c2ccccc2C(F)(F)F)=NO1. The quantitative estimate of drug-likeness (QED) is 0.591. The van der Waals surface area contributed by atoms with Crippen LogP contribution in [0.25, 0.3) is 0 Å². The highest BCUT2D eigenvalue weighted by Gasteiger charge is 2.39. The van der Waals surface area contributed by atoms with Gasteiger partial charge in [-0.25, -0.2) is 8.78 Å². The van der Waals surface area contributed by atoms with Crippen molar-refractivity contribution in [1.29, 1.82) is 0 Å². The third-order valence-electron chi connectivity index (χ3n) is 4.18. The highest BCUT2D eigenvalue weighted by molar-refractivity contribution is 7.98. The van der Waals surface area contributed by atoms with Crippen molar-refractivity contribution in [2.75, 3.05) is 5.75 Å². The predicted molar refractivity (Wildman–Crippen MR) is 94.6 cm³/mol. The van der Waals surface area contributed by atoms with Gasteiger partial charge in [0.25, 0.3) is 0 Å². The first kappa shape index (κ1) is 19.7. The fourth-order valence-corrected chi connectivity index (χ4v) is 4.00. The molecule has 2 aromatic rings. The van der Waals surface area contributed by atoms with Crippen molar-refractivity contribution in [3.8, 4) is 0 Å². The molecule has 1 aliphatic heterocycles. The molecule has 0 spiro atoms. The van der Waals surface area contributed by atoms with Gasteiger partial charge in [0.1, 0.15) is 17.2 Å². The summed E-state index contributed by atoms with van der Waals surface area (Å²) in [6.45, 7) is 1.71. The van der Waals surface area contributed by atoms with E-state index < -0.39 is 29.0 Å². The number of benzene rings is 2. The molecule has 0 saturated carbocycles. The van der Waals surface area contributed by atoms with Crippen molar-refractivity contribution in [2.24, 2.45) is 5.16 Å². The van der Waals surface area contributed by atoms with Crippen LogP contribution < -0.4 is 0 Å². The van der Waals surface area contributed by atoms with Crippen LogP contribution in [-0.4, -0.2) is 17.1 Å². The number of nitrogens with zero attached hydrogens (tertiary/aromatic N) is 1. The van der Waals surface area contributed by atoms with Crippen LogP contribution in [0.5, 0.6) is 0 Å². The van der Waals surface area contributed by atoms with Crippen LogP contribution in [0, 0.1) is 11.6 Å². The minimum absolute atomic E-state index is 0.0149. The number of hydrogen-bond donors (Lipinski definition) is 0. The smallest absolute Gasteiger partial charge is 0.388 e. The summed E-state index contributed by atoms with van der Waals surface area (Å²) in [7, 11) is 0. The second kappa shape index (κ2) is 7.50. The summed E-state index contributed by atoms with van der Waals surface area (Å²) in [6.07, 6.45) is -4.32. The zero-order valence-electron chi connectivity index (χ0n) is 14.3. The molecule has 0 saturated heterocycles. The molecule has 2 nitrogen and oxygen atoms in total. The Hall–Kier alpha value is -2.09. The molecule has 2 aromatic carbocycles. The molecule has 1 unspecified atom stereocenters. The van der Waals surface area contributed by atoms with Gasteiger partial charge >= 0.3 is 6.18 Å². The molecule has 0 aromatic heterocycles. The number of rotatable bonds is 5. The van der Waals surface area contributed by atoms with Gasteiger partial charge in [-0.2, -0.15) is 24.9 Å². The predicted octanol–water partition coefficient (Wildman–Crippen LogP) is 5.80. The van der Waals surface area contributed by atoms with Crippen LogP contribution in [0.2, 0.25) is 0 Å². The number of thioether (sulfide) groups is 1. The van der Waals surface area contributed by atoms with Crippen LogP contribution in [-0.2, 0) is 16.8 Å². The van der Waals surface area contributed by atoms with Crippen LogP contribution in [0.4, 0.5) is 22.0 Å². The van der Waals surface area contributed by atoms with Crippen molar-refractivity contribution in [3.05, 3.63) is 70.8 Å². The van der Waals surface area contributed by atoms with E-state index in [2.05, 4.69) is 5.16 Å². The molecule has 0 aliphatic carbocycles. The lowest BCUT2D eigenvalue weighted by Crippen LogP contribution is -2.28. The Kier molecular flexibility index (Phi) is 5.46. The second-order valence-corrected chi connectivity index (χ2v) is 7.48. The third kappa shape index (κ3) is 4.43. The molecule has 27 heavy (non-hydrogen) atoms. The van der Waals surface area contributed by atoms with Gasteiger partial charge in [0.05, 0.1) is 11.3 Å². The number of halogens is 5. The average molecular weight is 401 g/mol. The Labute approximate surface area is 157 Å². The monoisotopic (exact) mass is 401 g/mol. The van der Waals surface area contributed by atoms with Crippen molar-refractivity contribution in [3.63, 3.8) is 0 Å². The Balaban J connectivity index is 1.66.